The number of hydrogen-bond donors (Lipinski definition) is 0. The third-order valence-electron chi connectivity index (χ3n) is 2.45. The van der Waals surface area contributed by atoms with Crippen LogP contribution in [0.5, 0.6) is 0 Å². The average Bonchev–Trinajstić information content (AvgIpc) is 2.57. The molecule has 0 spiro atoms. The first-order valence-electron chi connectivity index (χ1n) is 4.76. The zero-order chi connectivity index (χ0) is 11.7. The molecular formula is C11H8BrClN2O. The lowest BCUT2D eigenvalue weighted by atomic mass is 10.2. The van der Waals surface area contributed by atoms with Crippen LogP contribution in [-0.4, -0.2) is 17.8 Å². The summed E-state index contributed by atoms with van der Waals surface area (Å²) in [4.78, 5) is 13.3. The Labute approximate surface area is 107 Å². The topological polar surface area (TPSA) is 44.1 Å². The van der Waals surface area contributed by atoms with E-state index >= 15 is 0 Å². The number of nitrogens with zero attached hydrogens (tertiary/aromatic N) is 2. The minimum atomic E-state index is -0.130. The van der Waals surface area contributed by atoms with E-state index in [0.29, 0.717) is 18.5 Å². The van der Waals surface area contributed by atoms with Crippen molar-refractivity contribution in [3.05, 3.63) is 28.2 Å². The van der Waals surface area contributed by atoms with E-state index in [-0.39, 0.29) is 11.3 Å². The molecule has 0 N–H and O–H groups in total. The number of hydrogen-bond acceptors (Lipinski definition) is 2. The Balaban J connectivity index is 2.35. The summed E-state index contributed by atoms with van der Waals surface area (Å²) in [5, 5.41) is 8.61. The number of rotatable bonds is 1. The number of nitriles is 1. The van der Waals surface area contributed by atoms with Crippen LogP contribution >= 0.6 is 27.5 Å². The van der Waals surface area contributed by atoms with E-state index in [2.05, 4.69) is 15.9 Å². The quantitative estimate of drug-likeness (QED) is 0.748. The third kappa shape index (κ3) is 2.06. The molecule has 1 aliphatic rings. The maximum absolute atomic E-state index is 11.6. The van der Waals surface area contributed by atoms with E-state index in [1.807, 2.05) is 6.07 Å². The fourth-order valence-electron chi connectivity index (χ4n) is 1.69. The summed E-state index contributed by atoms with van der Waals surface area (Å²) in [6, 6.07) is 7.19. The molecule has 0 aromatic heterocycles. The van der Waals surface area contributed by atoms with Crippen molar-refractivity contribution in [2.75, 3.05) is 11.4 Å². The number of carbonyl (C=O) groups excluding carboxylic acids is 1. The molecule has 0 aliphatic carbocycles. The second-order valence-corrected chi connectivity index (χ2v) is 5.06. The number of benzene rings is 1. The molecule has 1 aromatic rings. The second-order valence-electron chi connectivity index (χ2n) is 3.58. The van der Waals surface area contributed by atoms with Gasteiger partial charge in [0.05, 0.1) is 22.7 Å². The van der Waals surface area contributed by atoms with Crippen LogP contribution < -0.4 is 4.90 Å². The molecule has 2 rings (SSSR count). The molecule has 3 nitrogen and oxygen atoms in total. The molecule has 0 radical (unpaired) electrons. The van der Waals surface area contributed by atoms with Crippen LogP contribution in [0, 0.1) is 11.3 Å². The van der Waals surface area contributed by atoms with Crippen molar-refractivity contribution in [3.8, 4) is 6.07 Å². The Hall–Kier alpha value is -1.05. The van der Waals surface area contributed by atoms with Crippen molar-refractivity contribution in [2.45, 2.75) is 11.8 Å². The van der Waals surface area contributed by atoms with Crippen LogP contribution in [0.4, 0.5) is 5.69 Å². The van der Waals surface area contributed by atoms with Crippen LogP contribution in [0.15, 0.2) is 22.7 Å². The van der Waals surface area contributed by atoms with Crippen molar-refractivity contribution in [1.82, 2.24) is 0 Å². The van der Waals surface area contributed by atoms with Crippen molar-refractivity contribution in [1.29, 1.82) is 5.26 Å². The van der Waals surface area contributed by atoms with Crippen molar-refractivity contribution in [2.24, 2.45) is 0 Å². The van der Waals surface area contributed by atoms with Gasteiger partial charge < -0.3 is 4.90 Å². The highest BCUT2D eigenvalue weighted by atomic mass is 79.9. The van der Waals surface area contributed by atoms with Gasteiger partial charge in [0.15, 0.2) is 0 Å². The van der Waals surface area contributed by atoms with Gasteiger partial charge in [0.1, 0.15) is 0 Å². The zero-order valence-corrected chi connectivity index (χ0v) is 10.6. The molecule has 1 saturated heterocycles. The lowest BCUT2D eigenvalue weighted by Gasteiger charge is -2.17. The molecule has 1 aliphatic heterocycles. The maximum atomic E-state index is 11.6. The van der Waals surface area contributed by atoms with Gasteiger partial charge in [-0.25, -0.2) is 0 Å². The van der Waals surface area contributed by atoms with Gasteiger partial charge in [-0.3, -0.25) is 4.79 Å². The Morgan fingerprint density at radius 3 is 2.81 bits per heavy atom. The number of anilines is 1. The minimum Gasteiger partial charge on any atom is -0.310 e. The van der Waals surface area contributed by atoms with E-state index in [4.69, 9.17) is 16.9 Å². The predicted molar refractivity (Wildman–Crippen MR) is 65.5 cm³/mol. The summed E-state index contributed by atoms with van der Waals surface area (Å²) in [6.07, 6.45) is 0.369. The highest BCUT2D eigenvalue weighted by molar-refractivity contribution is 9.10. The van der Waals surface area contributed by atoms with Gasteiger partial charge in [0.25, 0.3) is 0 Å². The van der Waals surface area contributed by atoms with E-state index in [9.17, 15) is 4.79 Å². The molecule has 1 heterocycles. The fourth-order valence-corrected chi connectivity index (χ4v) is 2.56. The van der Waals surface area contributed by atoms with Crippen molar-refractivity contribution in [3.63, 3.8) is 0 Å². The molecule has 82 valence electrons. The Morgan fingerprint density at radius 1 is 1.56 bits per heavy atom. The molecule has 1 unspecified atom stereocenters. The van der Waals surface area contributed by atoms with Gasteiger partial charge in [0.2, 0.25) is 5.91 Å². The van der Waals surface area contributed by atoms with Gasteiger partial charge in [0, 0.05) is 17.4 Å². The molecule has 16 heavy (non-hydrogen) atoms. The van der Waals surface area contributed by atoms with Crippen LogP contribution in [0.3, 0.4) is 0 Å². The molecule has 5 heteroatoms. The van der Waals surface area contributed by atoms with Gasteiger partial charge >= 0.3 is 0 Å². The summed E-state index contributed by atoms with van der Waals surface area (Å²) in [5.74, 6) is 0.0189. The normalized spacial score (nSPS) is 19.9. The van der Waals surface area contributed by atoms with E-state index in [0.717, 1.165) is 10.2 Å². The van der Waals surface area contributed by atoms with Gasteiger partial charge in [-0.1, -0.05) is 0 Å². The van der Waals surface area contributed by atoms with E-state index < -0.39 is 0 Å². The largest absolute Gasteiger partial charge is 0.310 e. The number of halogens is 2. The summed E-state index contributed by atoms with van der Waals surface area (Å²) >= 11 is 9.29. The monoisotopic (exact) mass is 298 g/mol. The lowest BCUT2D eigenvalue weighted by Crippen LogP contribution is -2.24. The molecule has 1 amide bonds. The highest BCUT2D eigenvalue weighted by Crippen LogP contribution is 2.31. The molecular weight excluding hydrogens is 291 g/mol. The second kappa shape index (κ2) is 4.44. The standard InChI is InChI=1S/C11H8BrClN2O/c12-9-3-7(5-14)1-2-10(9)15-6-8(13)4-11(15)16/h1-3,8H,4,6H2. The van der Waals surface area contributed by atoms with Crippen molar-refractivity contribution >= 4 is 39.1 Å². The van der Waals surface area contributed by atoms with Crippen molar-refractivity contribution < 1.29 is 4.79 Å². The van der Waals surface area contributed by atoms with Crippen LogP contribution in [-0.2, 0) is 4.79 Å². The van der Waals surface area contributed by atoms with Crippen LogP contribution in [0.25, 0.3) is 0 Å². The maximum Gasteiger partial charge on any atom is 0.228 e. The molecule has 1 atom stereocenters. The Morgan fingerprint density at radius 2 is 2.31 bits per heavy atom. The first-order valence-corrected chi connectivity index (χ1v) is 5.99. The van der Waals surface area contributed by atoms with Gasteiger partial charge in [-0.15, -0.1) is 11.6 Å². The van der Waals surface area contributed by atoms with E-state index in [1.165, 1.54) is 0 Å². The first kappa shape index (κ1) is 11.4. The lowest BCUT2D eigenvalue weighted by molar-refractivity contribution is -0.117. The van der Waals surface area contributed by atoms with Crippen LogP contribution in [0.1, 0.15) is 12.0 Å². The first-order chi connectivity index (χ1) is 7.61. The predicted octanol–water partition coefficient (Wildman–Crippen LogP) is 2.66. The Kier molecular flexibility index (Phi) is 3.17. The smallest absolute Gasteiger partial charge is 0.228 e. The number of carbonyl (C=O) groups is 1. The van der Waals surface area contributed by atoms with Crippen LogP contribution in [0.2, 0.25) is 0 Å². The zero-order valence-electron chi connectivity index (χ0n) is 8.28. The summed E-state index contributed by atoms with van der Waals surface area (Å²) in [7, 11) is 0. The molecule has 1 fully saturated rings. The summed E-state index contributed by atoms with van der Waals surface area (Å²) in [6.45, 7) is 0.519. The third-order valence-corrected chi connectivity index (χ3v) is 3.37. The molecule has 1 aromatic carbocycles. The van der Waals surface area contributed by atoms with Gasteiger partial charge in [-0.05, 0) is 34.1 Å². The van der Waals surface area contributed by atoms with Gasteiger partial charge in [-0.2, -0.15) is 5.26 Å². The average molecular weight is 300 g/mol. The summed E-state index contributed by atoms with van der Waals surface area (Å²) < 4.78 is 0.741. The summed E-state index contributed by atoms with van der Waals surface area (Å²) in [5.41, 5.74) is 1.33. The molecule has 0 saturated carbocycles. The highest BCUT2D eigenvalue weighted by Gasteiger charge is 2.30. The SMILES string of the molecule is N#Cc1ccc(N2CC(Cl)CC2=O)c(Br)c1. The number of amides is 1. The Bertz CT molecular complexity index is 483. The van der Waals surface area contributed by atoms with E-state index in [1.54, 1.807) is 23.1 Å². The fraction of sp³-hybridized carbons (Fsp3) is 0.273. The number of alkyl halides is 1. The minimum absolute atomic E-state index is 0.0189. The molecule has 0 bridgehead atoms.